The number of allylic oxidation sites excluding steroid dienone is 1. The minimum atomic E-state index is -0.408. The lowest BCUT2D eigenvalue weighted by Gasteiger charge is -2.55. The summed E-state index contributed by atoms with van der Waals surface area (Å²) in [5.74, 6) is 1.03. The number of aryl methyl sites for hydroxylation is 1. The van der Waals surface area contributed by atoms with E-state index in [1.807, 2.05) is 30.3 Å². The van der Waals surface area contributed by atoms with Crippen LogP contribution in [0.2, 0.25) is 0 Å². The predicted molar refractivity (Wildman–Crippen MR) is 124 cm³/mol. The largest absolute Gasteiger partial charge is 0.449 e. The van der Waals surface area contributed by atoms with Gasteiger partial charge < -0.3 is 9.47 Å². The molecule has 4 nitrogen and oxygen atoms in total. The molecule has 1 heterocycles. The topological polar surface area (TPSA) is 47.6 Å². The highest BCUT2D eigenvalue weighted by molar-refractivity contribution is 5.84. The van der Waals surface area contributed by atoms with Crippen molar-refractivity contribution in [2.24, 2.45) is 23.2 Å². The standard InChI is InChI=1S/C27H33NO3/c1-19-16-20(2)27(18-31-26(29)28-23-12-8-5-9-13-23)17-30-24(25(19)21(27)3)15-14-22-10-6-4-7-11-22/h4-13,16,20-21,24-25H,14-15,17-18H2,1-3H3,(H,28,29)/t20-,21+,24+,25-,27+/m0/s1. The maximum atomic E-state index is 12.4. The average molecular weight is 420 g/mol. The Morgan fingerprint density at radius 1 is 1.10 bits per heavy atom. The van der Waals surface area contributed by atoms with Crippen molar-refractivity contribution in [2.75, 3.05) is 18.5 Å². The third kappa shape index (κ3) is 4.54. The van der Waals surface area contributed by atoms with E-state index in [9.17, 15) is 4.79 Å². The number of carbonyl (C=O) groups excluding carboxylic acids is 1. The molecule has 164 valence electrons. The number of amides is 1. The Hall–Kier alpha value is -2.59. The van der Waals surface area contributed by atoms with Crippen molar-refractivity contribution in [3.05, 3.63) is 77.9 Å². The van der Waals surface area contributed by atoms with E-state index >= 15 is 0 Å². The molecule has 0 radical (unpaired) electrons. The van der Waals surface area contributed by atoms with Crippen molar-refractivity contribution < 1.29 is 14.3 Å². The fourth-order valence-corrected chi connectivity index (χ4v) is 5.48. The van der Waals surface area contributed by atoms with Gasteiger partial charge in [0.1, 0.15) is 6.61 Å². The number of anilines is 1. The number of hydrogen-bond acceptors (Lipinski definition) is 3. The summed E-state index contributed by atoms with van der Waals surface area (Å²) in [4.78, 5) is 12.4. The van der Waals surface area contributed by atoms with Crippen LogP contribution >= 0.6 is 0 Å². The van der Waals surface area contributed by atoms with Crippen molar-refractivity contribution in [1.82, 2.24) is 0 Å². The van der Waals surface area contributed by atoms with Gasteiger partial charge in [0, 0.05) is 17.0 Å². The van der Waals surface area contributed by atoms with Crippen LogP contribution in [0.4, 0.5) is 10.5 Å². The van der Waals surface area contributed by atoms with Gasteiger partial charge in [-0.1, -0.05) is 74.0 Å². The van der Waals surface area contributed by atoms with Crippen LogP contribution in [0.5, 0.6) is 0 Å². The summed E-state index contributed by atoms with van der Waals surface area (Å²) in [6.07, 6.45) is 4.19. The Kier molecular flexibility index (Phi) is 6.47. The zero-order chi connectivity index (χ0) is 21.8. The second kappa shape index (κ2) is 9.27. The SMILES string of the molecule is CC1=C[C@H](C)[C@]2(COC(=O)Nc3ccccc3)CO[C@H](CCc3ccccc3)[C@@H]1[C@H]2C. The summed E-state index contributed by atoms with van der Waals surface area (Å²) in [5.41, 5.74) is 3.30. The van der Waals surface area contributed by atoms with Crippen LogP contribution in [0, 0.1) is 23.2 Å². The maximum Gasteiger partial charge on any atom is 0.411 e. The molecule has 1 saturated heterocycles. The first-order valence-corrected chi connectivity index (χ1v) is 11.3. The predicted octanol–water partition coefficient (Wildman–Crippen LogP) is 6.10. The Bertz CT molecular complexity index is 911. The zero-order valence-electron chi connectivity index (χ0n) is 18.7. The van der Waals surface area contributed by atoms with Crippen molar-refractivity contribution >= 4 is 11.8 Å². The molecule has 0 aromatic heterocycles. The number of hydrogen-bond donors (Lipinski definition) is 1. The molecule has 2 bridgehead atoms. The molecule has 5 atom stereocenters. The van der Waals surface area contributed by atoms with Crippen LogP contribution < -0.4 is 5.32 Å². The van der Waals surface area contributed by atoms with E-state index < -0.39 is 6.09 Å². The highest BCUT2D eigenvalue weighted by atomic mass is 16.6. The van der Waals surface area contributed by atoms with Gasteiger partial charge in [-0.15, -0.1) is 0 Å². The molecule has 0 unspecified atom stereocenters. The van der Waals surface area contributed by atoms with Gasteiger partial charge in [-0.3, -0.25) is 5.32 Å². The molecule has 1 amide bonds. The normalized spacial score (nSPS) is 29.7. The van der Waals surface area contributed by atoms with Gasteiger partial charge in [0.15, 0.2) is 0 Å². The zero-order valence-corrected chi connectivity index (χ0v) is 18.7. The van der Waals surface area contributed by atoms with Crippen molar-refractivity contribution in [2.45, 2.75) is 39.7 Å². The first-order valence-electron chi connectivity index (χ1n) is 11.3. The molecule has 0 spiro atoms. The van der Waals surface area contributed by atoms with E-state index in [-0.39, 0.29) is 11.5 Å². The minimum Gasteiger partial charge on any atom is -0.449 e. The van der Waals surface area contributed by atoms with E-state index in [0.717, 1.165) is 18.5 Å². The van der Waals surface area contributed by atoms with Crippen molar-refractivity contribution in [3.8, 4) is 0 Å². The molecule has 1 N–H and O–H groups in total. The first-order chi connectivity index (χ1) is 15.0. The average Bonchev–Trinajstić information content (AvgIpc) is 2.77. The van der Waals surface area contributed by atoms with Gasteiger partial charge >= 0.3 is 6.09 Å². The first kappa shape index (κ1) is 21.6. The molecule has 31 heavy (non-hydrogen) atoms. The molecule has 2 aromatic carbocycles. The second-order valence-corrected chi connectivity index (χ2v) is 9.19. The third-order valence-electron chi connectivity index (χ3n) is 7.41. The van der Waals surface area contributed by atoms with Crippen molar-refractivity contribution in [3.63, 3.8) is 0 Å². The van der Waals surface area contributed by atoms with Crippen LogP contribution in [0.15, 0.2) is 72.3 Å². The molecular weight excluding hydrogens is 386 g/mol. The van der Waals surface area contributed by atoms with Crippen LogP contribution in [0.25, 0.3) is 0 Å². The summed E-state index contributed by atoms with van der Waals surface area (Å²) >= 11 is 0. The third-order valence-corrected chi connectivity index (χ3v) is 7.41. The lowest BCUT2D eigenvalue weighted by Crippen LogP contribution is -2.57. The highest BCUT2D eigenvalue weighted by Gasteiger charge is 2.54. The summed E-state index contributed by atoms with van der Waals surface area (Å²) in [6, 6.07) is 20.0. The summed E-state index contributed by atoms with van der Waals surface area (Å²) in [5, 5.41) is 2.82. The van der Waals surface area contributed by atoms with E-state index in [4.69, 9.17) is 9.47 Å². The molecule has 2 aromatic rings. The van der Waals surface area contributed by atoms with Gasteiger partial charge in [-0.2, -0.15) is 0 Å². The minimum absolute atomic E-state index is 0.193. The number of rotatable bonds is 6. The van der Waals surface area contributed by atoms with Gasteiger partial charge in [-0.25, -0.2) is 4.79 Å². The van der Waals surface area contributed by atoms with Crippen LogP contribution in [-0.2, 0) is 15.9 Å². The Balaban J connectivity index is 1.43. The molecule has 4 heteroatoms. The van der Waals surface area contributed by atoms with E-state index in [2.05, 4.69) is 62.5 Å². The smallest absolute Gasteiger partial charge is 0.411 e. The molecule has 2 aliphatic rings. The Morgan fingerprint density at radius 3 is 2.48 bits per heavy atom. The Morgan fingerprint density at radius 2 is 1.77 bits per heavy atom. The van der Waals surface area contributed by atoms with E-state index in [0.29, 0.717) is 31.0 Å². The van der Waals surface area contributed by atoms with E-state index in [1.165, 1.54) is 11.1 Å². The summed E-state index contributed by atoms with van der Waals surface area (Å²) < 4.78 is 12.2. The van der Waals surface area contributed by atoms with Crippen LogP contribution in [0.3, 0.4) is 0 Å². The molecule has 1 aliphatic carbocycles. The Labute approximate surface area is 185 Å². The highest BCUT2D eigenvalue weighted by Crippen LogP contribution is 2.53. The molecule has 1 aliphatic heterocycles. The van der Waals surface area contributed by atoms with Gasteiger partial charge in [0.2, 0.25) is 0 Å². The summed E-state index contributed by atoms with van der Waals surface area (Å²) in [7, 11) is 0. The quantitative estimate of drug-likeness (QED) is 0.575. The second-order valence-electron chi connectivity index (χ2n) is 9.19. The fraction of sp³-hybridized carbons (Fsp3) is 0.444. The maximum absolute atomic E-state index is 12.4. The van der Waals surface area contributed by atoms with Gasteiger partial charge in [0.05, 0.1) is 12.7 Å². The van der Waals surface area contributed by atoms with Crippen molar-refractivity contribution in [1.29, 1.82) is 0 Å². The molecule has 4 rings (SSSR count). The lowest BCUT2D eigenvalue weighted by atomic mass is 9.56. The van der Waals surface area contributed by atoms with Gasteiger partial charge in [-0.05, 0) is 49.3 Å². The number of carbonyl (C=O) groups is 1. The number of fused-ring (bicyclic) bond motifs is 2. The molecular formula is C27H33NO3. The number of nitrogens with one attached hydrogen (secondary N) is 1. The number of ether oxygens (including phenoxy) is 2. The van der Waals surface area contributed by atoms with Gasteiger partial charge in [0.25, 0.3) is 0 Å². The summed E-state index contributed by atoms with van der Waals surface area (Å²) in [6.45, 7) is 7.75. The molecule has 1 fully saturated rings. The van der Waals surface area contributed by atoms with Crippen LogP contribution in [0.1, 0.15) is 32.8 Å². The molecule has 0 saturated carbocycles. The van der Waals surface area contributed by atoms with Crippen LogP contribution in [-0.4, -0.2) is 25.4 Å². The number of para-hydroxylation sites is 1. The number of benzene rings is 2. The van der Waals surface area contributed by atoms with E-state index in [1.54, 1.807) is 0 Å². The monoisotopic (exact) mass is 419 g/mol. The fourth-order valence-electron chi connectivity index (χ4n) is 5.48. The lowest BCUT2D eigenvalue weighted by molar-refractivity contribution is -0.164.